The lowest BCUT2D eigenvalue weighted by molar-refractivity contribution is -0.177. The molecule has 3 N–H and O–H groups in total. The lowest BCUT2D eigenvalue weighted by atomic mass is 9.81. The van der Waals surface area contributed by atoms with Gasteiger partial charge in [-0.3, -0.25) is 4.79 Å². The highest BCUT2D eigenvalue weighted by Crippen LogP contribution is 2.43. The molecular weight excluding hydrogens is 839 g/mol. The summed E-state index contributed by atoms with van der Waals surface area (Å²) in [7, 11) is -6.46. The van der Waals surface area contributed by atoms with Gasteiger partial charge < -0.3 is 33.6 Å². The second-order valence-corrected chi connectivity index (χ2v) is 36.7. The molecule has 9 nitrogen and oxygen atoms in total. The minimum atomic E-state index is -2.26. The molecule has 1 fully saturated rings. The Balaban J connectivity index is 3.54. The van der Waals surface area contributed by atoms with Crippen molar-refractivity contribution in [2.24, 2.45) is 47.2 Å². The van der Waals surface area contributed by atoms with Crippen molar-refractivity contribution in [1.29, 1.82) is 0 Å². The Hall–Kier alpha value is -1.81. The van der Waals surface area contributed by atoms with Crippen LogP contribution in [-0.2, 0) is 27.5 Å². The van der Waals surface area contributed by atoms with E-state index < -0.39 is 49.4 Å². The third kappa shape index (κ3) is 17.1. The highest BCUT2D eigenvalue weighted by Gasteiger charge is 2.47. The molecule has 0 aliphatic carbocycles. The third-order valence-electron chi connectivity index (χ3n) is 15.3. The summed E-state index contributed by atoms with van der Waals surface area (Å²) in [6.45, 7) is 50.1. The number of ether oxygens (including phenoxy) is 2. The maximum absolute atomic E-state index is 13.2. The lowest BCUT2D eigenvalue weighted by Crippen LogP contribution is -2.53. The molecule has 0 radical (unpaired) electrons. The summed E-state index contributed by atoms with van der Waals surface area (Å²) in [6, 6.07) is 3.03. The molecule has 12 heteroatoms. The normalized spacial score (nSPS) is 24.3. The van der Waals surface area contributed by atoms with E-state index in [-0.39, 0.29) is 75.8 Å². The Kier molecular flexibility index (Phi) is 23.3. The monoisotopic (exact) mass is 936 g/mol. The molecule has 366 valence electrons. The Morgan fingerprint density at radius 1 is 0.825 bits per heavy atom. The minimum Gasteiger partial charge on any atom is -0.462 e. The number of aliphatic hydroxyl groups excluding tert-OH is 1. The van der Waals surface area contributed by atoms with Crippen molar-refractivity contribution >= 4 is 37.0 Å². The fraction of sp³-hybridized carbons (Fsp3) is 0.804. The van der Waals surface area contributed by atoms with Crippen molar-refractivity contribution in [2.45, 2.75) is 222 Å². The lowest BCUT2D eigenvalue weighted by Gasteiger charge is -2.45. The molecule has 1 aliphatic rings. The number of rotatable bonds is 25. The fourth-order valence-corrected chi connectivity index (χ4v) is 14.7. The van der Waals surface area contributed by atoms with Gasteiger partial charge in [-0.05, 0) is 92.4 Å². The highest BCUT2D eigenvalue weighted by molar-refractivity contribution is 6.74. The summed E-state index contributed by atoms with van der Waals surface area (Å²) in [5.41, 5.74) is 6.90. The van der Waals surface area contributed by atoms with E-state index in [4.69, 9.17) is 28.5 Å². The molecule has 0 saturated carbocycles. The smallest absolute Gasteiger partial charge is 0.404 e. The molecule has 0 bridgehead atoms. The first kappa shape index (κ1) is 59.2. The van der Waals surface area contributed by atoms with Gasteiger partial charge in [0.1, 0.15) is 12.2 Å². The van der Waals surface area contributed by atoms with Gasteiger partial charge in [0.05, 0.1) is 30.3 Å². The van der Waals surface area contributed by atoms with E-state index in [9.17, 15) is 14.7 Å². The van der Waals surface area contributed by atoms with E-state index in [1.54, 1.807) is 6.08 Å². The number of carbonyl (C=O) groups is 2. The number of hydrogen-bond donors (Lipinski definition) is 2. The molecule has 0 aromatic heterocycles. The van der Waals surface area contributed by atoms with Gasteiger partial charge in [-0.2, -0.15) is 0 Å². The van der Waals surface area contributed by atoms with Crippen LogP contribution in [0.25, 0.3) is 0 Å². The van der Waals surface area contributed by atoms with Crippen LogP contribution in [0, 0.1) is 41.4 Å². The molecule has 0 unspecified atom stereocenters. The van der Waals surface area contributed by atoms with Crippen molar-refractivity contribution in [2.75, 3.05) is 0 Å². The number of carbonyl (C=O) groups excluding carboxylic acids is 2. The van der Waals surface area contributed by atoms with Crippen LogP contribution in [0.3, 0.4) is 0 Å². The first-order chi connectivity index (χ1) is 28.7. The van der Waals surface area contributed by atoms with Gasteiger partial charge in [0.25, 0.3) is 0 Å². The van der Waals surface area contributed by atoms with Crippen LogP contribution in [-0.4, -0.2) is 78.7 Å². The molecule has 1 amide bonds. The topological polar surface area (TPSA) is 127 Å². The Bertz CT molecular complexity index is 1520. The first-order valence-electron chi connectivity index (χ1n) is 24.3. The number of esters is 1. The van der Waals surface area contributed by atoms with Crippen molar-refractivity contribution in [3.8, 4) is 0 Å². The van der Waals surface area contributed by atoms with Gasteiger partial charge in [0.15, 0.2) is 25.0 Å². The fourth-order valence-electron chi connectivity index (χ4n) is 8.74. The van der Waals surface area contributed by atoms with Crippen molar-refractivity contribution in [1.82, 2.24) is 0 Å². The first-order valence-corrected chi connectivity index (χ1v) is 32.6. The molecule has 1 rings (SSSR count). The van der Waals surface area contributed by atoms with Crippen LogP contribution >= 0.6 is 0 Å². The average molecular weight is 937 g/mol. The molecule has 0 aromatic rings. The zero-order chi connectivity index (χ0) is 49.1. The number of primary amides is 1. The third-order valence-corrected chi connectivity index (χ3v) is 28.9. The highest BCUT2D eigenvalue weighted by atomic mass is 28.4. The summed E-state index contributed by atoms with van der Waals surface area (Å²) in [5, 5.41) is 11.5. The van der Waals surface area contributed by atoms with E-state index >= 15 is 0 Å². The minimum absolute atomic E-state index is 0.00231. The quantitative estimate of drug-likeness (QED) is 0.0401. The van der Waals surface area contributed by atoms with Crippen LogP contribution in [0.4, 0.5) is 4.79 Å². The van der Waals surface area contributed by atoms with Gasteiger partial charge in [-0.25, -0.2) is 4.79 Å². The maximum atomic E-state index is 13.2. The van der Waals surface area contributed by atoms with E-state index in [1.807, 2.05) is 32.1 Å². The Morgan fingerprint density at radius 2 is 1.32 bits per heavy atom. The molecule has 1 saturated heterocycles. The predicted molar refractivity (Wildman–Crippen MR) is 272 cm³/mol. The molecule has 0 spiro atoms. The number of allylic oxidation sites excluding steroid dienone is 3. The summed E-state index contributed by atoms with van der Waals surface area (Å²) in [5.74, 6) is -0.751. The number of aliphatic hydroxyl groups is 1. The zero-order valence-electron chi connectivity index (χ0n) is 44.1. The van der Waals surface area contributed by atoms with Gasteiger partial charge >= 0.3 is 12.1 Å². The average Bonchev–Trinajstić information content (AvgIpc) is 3.17. The second-order valence-electron chi connectivity index (χ2n) is 22.5. The largest absolute Gasteiger partial charge is 0.462 e. The van der Waals surface area contributed by atoms with Crippen LogP contribution in [0.1, 0.15) is 131 Å². The standard InChI is InChI=1S/C51H97NO8Si3/c1-23-27-28-35(6)45(57-49(52)55)40(11)46(59-62(21,22)51(16,17)18)38(9)32-34(5)31-37(8)44(58-61(19,20)50(13,14)15)36(7)29-30-42(53)33-43-39(10)47(41(12)48(54)56-43)60-63(24-2,25-3)26-4/h23,27-31,35-47,53H,1,24-26,32-33H2,2-22H3,(H2,52,55)/b28-27-,30-29-,34-31-/t35-,36-,37-,38-,39-,40+,41+,42+,43-,44-,45-,46+,47-/m0/s1. The Labute approximate surface area is 390 Å². The summed E-state index contributed by atoms with van der Waals surface area (Å²) >= 11 is 0. The molecule has 63 heavy (non-hydrogen) atoms. The zero-order valence-corrected chi connectivity index (χ0v) is 47.1. The summed E-state index contributed by atoms with van der Waals surface area (Å²) < 4.78 is 33.2. The Morgan fingerprint density at radius 3 is 1.78 bits per heavy atom. The molecule has 1 aliphatic heterocycles. The SMILES string of the molecule is C=C/C=C\[C@H](C)[C@H](OC(N)=O)[C@@H](C)[C@H](O[Si](C)(C)C(C)(C)C)[C@@H](C)C/C(C)=C\[C@H](C)[C@@H](O[Si](C)(C)C(C)(C)C)[C@@H](C)/C=C\[C@@H](O)C[C@@H]1OC(=O)[C@H](C)[C@@H](O[Si](CC)(CC)CC)[C@H]1C. The van der Waals surface area contributed by atoms with E-state index in [0.717, 1.165) is 24.6 Å². The molecular formula is C51H97NO8Si3. The number of nitrogens with two attached hydrogens (primary N) is 1. The number of cyclic esters (lactones) is 1. The van der Waals surface area contributed by atoms with E-state index in [0.29, 0.717) is 6.42 Å². The predicted octanol–water partition coefficient (Wildman–Crippen LogP) is 13.4. The van der Waals surface area contributed by atoms with Crippen molar-refractivity contribution in [3.63, 3.8) is 0 Å². The summed E-state index contributed by atoms with van der Waals surface area (Å²) in [6.07, 6.45) is 9.93. The van der Waals surface area contributed by atoms with E-state index in [1.165, 1.54) is 5.57 Å². The molecule has 13 atom stereocenters. The van der Waals surface area contributed by atoms with Gasteiger partial charge in [-0.15, -0.1) is 0 Å². The maximum Gasteiger partial charge on any atom is 0.404 e. The van der Waals surface area contributed by atoms with Gasteiger partial charge in [0, 0.05) is 24.2 Å². The molecule has 0 aromatic carbocycles. The van der Waals surface area contributed by atoms with Crippen LogP contribution in [0.15, 0.2) is 48.6 Å². The van der Waals surface area contributed by atoms with Gasteiger partial charge in [0.2, 0.25) is 0 Å². The number of hydrogen-bond acceptors (Lipinski definition) is 8. The van der Waals surface area contributed by atoms with Crippen LogP contribution in [0.2, 0.25) is 54.4 Å². The van der Waals surface area contributed by atoms with Gasteiger partial charge in [-0.1, -0.05) is 152 Å². The summed E-state index contributed by atoms with van der Waals surface area (Å²) in [4.78, 5) is 25.4. The van der Waals surface area contributed by atoms with Crippen molar-refractivity contribution in [3.05, 3.63) is 48.6 Å². The second kappa shape index (κ2) is 24.8. The van der Waals surface area contributed by atoms with Crippen molar-refractivity contribution < 1.29 is 37.4 Å². The van der Waals surface area contributed by atoms with Crippen LogP contribution in [0.5, 0.6) is 0 Å². The van der Waals surface area contributed by atoms with E-state index in [2.05, 4.69) is 149 Å². The van der Waals surface area contributed by atoms with Crippen LogP contribution < -0.4 is 5.73 Å². The molecule has 1 heterocycles. The number of amides is 1.